The second-order valence-corrected chi connectivity index (χ2v) is 7.05. The van der Waals surface area contributed by atoms with Gasteiger partial charge in [0.05, 0.1) is 17.8 Å². The Bertz CT molecular complexity index is 486. The van der Waals surface area contributed by atoms with Crippen molar-refractivity contribution in [3.8, 4) is 0 Å². The van der Waals surface area contributed by atoms with Crippen molar-refractivity contribution in [2.75, 3.05) is 13.2 Å². The van der Waals surface area contributed by atoms with E-state index >= 15 is 0 Å². The van der Waals surface area contributed by atoms with Gasteiger partial charge in [0, 0.05) is 37.7 Å². The summed E-state index contributed by atoms with van der Waals surface area (Å²) in [5.41, 5.74) is 2.60. The number of hydrogen-bond acceptors (Lipinski definition) is 3. The Morgan fingerprint density at radius 2 is 2.10 bits per heavy atom. The molecule has 0 amide bonds. The molecule has 1 saturated carbocycles. The van der Waals surface area contributed by atoms with Gasteiger partial charge in [-0.1, -0.05) is 12.8 Å². The van der Waals surface area contributed by atoms with E-state index in [-0.39, 0.29) is 5.60 Å². The zero-order valence-corrected chi connectivity index (χ0v) is 13.7. The maximum Gasteiger partial charge on any atom is 0.112 e. The van der Waals surface area contributed by atoms with Gasteiger partial charge in [0.2, 0.25) is 0 Å². The lowest BCUT2D eigenvalue weighted by Crippen LogP contribution is -2.33. The molecule has 0 spiro atoms. The molecule has 1 aromatic rings. The zero-order chi connectivity index (χ0) is 14.9. The van der Waals surface area contributed by atoms with Crippen LogP contribution >= 0.6 is 0 Å². The Labute approximate surface area is 128 Å². The molecule has 1 fully saturated rings. The lowest BCUT2D eigenvalue weighted by molar-refractivity contribution is -0.0235. The Morgan fingerprint density at radius 1 is 1.33 bits per heavy atom. The molecular formula is C17H29N3O. The zero-order valence-electron chi connectivity index (χ0n) is 13.7. The van der Waals surface area contributed by atoms with Crippen molar-refractivity contribution >= 4 is 0 Å². The summed E-state index contributed by atoms with van der Waals surface area (Å²) in [6, 6.07) is 0. The molecule has 0 saturated heterocycles. The number of hydrogen-bond donors (Lipinski definition) is 1. The Kier molecular flexibility index (Phi) is 4.36. The normalized spacial score (nSPS) is 20.0. The van der Waals surface area contributed by atoms with Crippen molar-refractivity contribution in [3.05, 3.63) is 17.2 Å². The van der Waals surface area contributed by atoms with Gasteiger partial charge in [0.1, 0.15) is 5.82 Å². The van der Waals surface area contributed by atoms with Crippen molar-refractivity contribution in [1.82, 2.24) is 14.9 Å². The van der Waals surface area contributed by atoms with E-state index < -0.39 is 0 Å². The van der Waals surface area contributed by atoms with Crippen LogP contribution in [0.2, 0.25) is 0 Å². The maximum atomic E-state index is 5.95. The lowest BCUT2D eigenvalue weighted by Gasteiger charge is -2.28. The van der Waals surface area contributed by atoms with Crippen LogP contribution in [0.4, 0.5) is 0 Å². The van der Waals surface area contributed by atoms with Crippen LogP contribution in [0, 0.1) is 0 Å². The second kappa shape index (κ2) is 6.09. The first kappa shape index (κ1) is 15.0. The first-order chi connectivity index (χ1) is 10.1. The van der Waals surface area contributed by atoms with E-state index in [4.69, 9.17) is 9.72 Å². The average molecular weight is 291 g/mol. The fourth-order valence-electron chi connectivity index (χ4n) is 3.88. The van der Waals surface area contributed by atoms with Gasteiger partial charge in [-0.3, -0.25) is 0 Å². The first-order valence-corrected chi connectivity index (χ1v) is 8.53. The van der Waals surface area contributed by atoms with E-state index in [2.05, 4.69) is 30.7 Å². The summed E-state index contributed by atoms with van der Waals surface area (Å²) >= 11 is 0. The summed E-state index contributed by atoms with van der Waals surface area (Å²) in [6.45, 7) is 10.2. The fraction of sp³-hybridized carbons (Fsp3) is 0.824. The molecule has 21 heavy (non-hydrogen) atoms. The Hall–Kier alpha value is -0.870. The number of aromatic nitrogens is 2. The highest BCUT2D eigenvalue weighted by atomic mass is 16.5. The molecule has 1 aliphatic heterocycles. The lowest BCUT2D eigenvalue weighted by atomic mass is 10.1. The second-order valence-electron chi connectivity index (χ2n) is 7.05. The molecule has 0 radical (unpaired) electrons. The van der Waals surface area contributed by atoms with Gasteiger partial charge in [-0.05, 0) is 33.6 Å². The SMILES string of the molecule is CCOC(C)(C)Cn1c(C2CCCC2)nc2c1CCNC2. The monoisotopic (exact) mass is 291 g/mol. The molecule has 0 bridgehead atoms. The van der Waals surface area contributed by atoms with Crippen molar-refractivity contribution in [2.45, 2.75) is 77.5 Å². The molecule has 0 atom stereocenters. The van der Waals surface area contributed by atoms with Crippen molar-refractivity contribution in [1.29, 1.82) is 0 Å². The first-order valence-electron chi connectivity index (χ1n) is 8.53. The minimum atomic E-state index is -0.124. The Balaban J connectivity index is 1.93. The van der Waals surface area contributed by atoms with Crippen LogP contribution in [0.15, 0.2) is 0 Å². The molecule has 4 nitrogen and oxygen atoms in total. The van der Waals surface area contributed by atoms with Gasteiger partial charge in [-0.15, -0.1) is 0 Å². The van der Waals surface area contributed by atoms with E-state index in [9.17, 15) is 0 Å². The van der Waals surface area contributed by atoms with E-state index in [1.807, 2.05) is 0 Å². The topological polar surface area (TPSA) is 39.1 Å². The maximum absolute atomic E-state index is 5.95. The van der Waals surface area contributed by atoms with Crippen molar-refractivity contribution in [3.63, 3.8) is 0 Å². The molecular weight excluding hydrogens is 262 g/mol. The van der Waals surface area contributed by atoms with E-state index in [0.29, 0.717) is 5.92 Å². The molecule has 1 aromatic heterocycles. The van der Waals surface area contributed by atoms with E-state index in [1.165, 1.54) is 42.9 Å². The van der Waals surface area contributed by atoms with Gasteiger partial charge >= 0.3 is 0 Å². The highest BCUT2D eigenvalue weighted by Crippen LogP contribution is 2.35. The standard InChI is InChI=1S/C17H29N3O/c1-4-21-17(2,3)12-20-15-9-10-18-11-14(15)19-16(20)13-7-5-6-8-13/h13,18H,4-12H2,1-3H3. The molecule has 4 heteroatoms. The third-order valence-corrected chi connectivity index (χ3v) is 4.81. The van der Waals surface area contributed by atoms with Crippen LogP contribution < -0.4 is 5.32 Å². The summed E-state index contributed by atoms with van der Waals surface area (Å²) in [6.07, 6.45) is 6.42. The van der Waals surface area contributed by atoms with Crippen LogP contribution in [0.25, 0.3) is 0 Å². The highest BCUT2D eigenvalue weighted by molar-refractivity contribution is 5.23. The minimum absolute atomic E-state index is 0.124. The van der Waals surface area contributed by atoms with Crippen molar-refractivity contribution in [2.24, 2.45) is 0 Å². The Morgan fingerprint density at radius 3 is 2.81 bits per heavy atom. The molecule has 3 rings (SSSR count). The minimum Gasteiger partial charge on any atom is -0.374 e. The van der Waals surface area contributed by atoms with Crippen LogP contribution in [0.1, 0.15) is 69.6 Å². The molecule has 2 heterocycles. The predicted molar refractivity (Wildman–Crippen MR) is 84.6 cm³/mol. The smallest absolute Gasteiger partial charge is 0.112 e. The van der Waals surface area contributed by atoms with Gasteiger partial charge in [0.25, 0.3) is 0 Å². The molecule has 118 valence electrons. The number of rotatable bonds is 5. The molecule has 0 unspecified atom stereocenters. The fourth-order valence-corrected chi connectivity index (χ4v) is 3.88. The van der Waals surface area contributed by atoms with Crippen LogP contribution in [0.5, 0.6) is 0 Å². The van der Waals surface area contributed by atoms with Gasteiger partial charge in [-0.2, -0.15) is 0 Å². The average Bonchev–Trinajstić information content (AvgIpc) is 3.06. The summed E-state index contributed by atoms with van der Waals surface area (Å²) in [5, 5.41) is 3.45. The largest absolute Gasteiger partial charge is 0.374 e. The van der Waals surface area contributed by atoms with Gasteiger partial charge in [0.15, 0.2) is 0 Å². The summed E-state index contributed by atoms with van der Waals surface area (Å²) in [4.78, 5) is 5.02. The number of nitrogens with zero attached hydrogens (tertiary/aromatic N) is 2. The third kappa shape index (κ3) is 3.16. The molecule has 1 N–H and O–H groups in total. The number of fused-ring (bicyclic) bond motifs is 1. The summed E-state index contributed by atoms with van der Waals surface area (Å²) in [7, 11) is 0. The quantitative estimate of drug-likeness (QED) is 0.906. The number of ether oxygens (including phenoxy) is 1. The van der Waals surface area contributed by atoms with Gasteiger partial charge in [-0.25, -0.2) is 4.98 Å². The van der Waals surface area contributed by atoms with Crippen molar-refractivity contribution < 1.29 is 4.74 Å². The highest BCUT2D eigenvalue weighted by Gasteiger charge is 2.30. The van der Waals surface area contributed by atoms with Crippen LogP contribution in [-0.2, 0) is 24.2 Å². The van der Waals surface area contributed by atoms with Gasteiger partial charge < -0.3 is 14.6 Å². The molecule has 2 aliphatic rings. The predicted octanol–water partition coefficient (Wildman–Crippen LogP) is 3.00. The number of nitrogens with one attached hydrogen (secondary N) is 1. The third-order valence-electron chi connectivity index (χ3n) is 4.81. The van der Waals surface area contributed by atoms with E-state index in [1.54, 1.807) is 0 Å². The molecule has 0 aromatic carbocycles. The van der Waals surface area contributed by atoms with E-state index in [0.717, 1.165) is 32.7 Å². The van der Waals surface area contributed by atoms with Crippen LogP contribution in [0.3, 0.4) is 0 Å². The van der Waals surface area contributed by atoms with Crippen LogP contribution in [-0.4, -0.2) is 28.3 Å². The molecule has 1 aliphatic carbocycles. The number of imidazole rings is 1. The summed E-state index contributed by atoms with van der Waals surface area (Å²) < 4.78 is 8.45. The summed E-state index contributed by atoms with van der Waals surface area (Å²) in [5.74, 6) is 1.99.